The van der Waals surface area contributed by atoms with Crippen LogP contribution in [0.4, 0.5) is 16.2 Å². The van der Waals surface area contributed by atoms with E-state index in [1.807, 2.05) is 24.3 Å². The molecule has 0 saturated heterocycles. The van der Waals surface area contributed by atoms with Crippen LogP contribution in [-0.4, -0.2) is 11.0 Å². The van der Waals surface area contributed by atoms with Gasteiger partial charge in [-0.05, 0) is 47.7 Å². The number of nitrogens with one attached hydrogen (secondary N) is 1. The van der Waals surface area contributed by atoms with Gasteiger partial charge >= 0.3 is 6.09 Å². The first-order valence-electron chi connectivity index (χ1n) is 7.76. The fraction of sp³-hybridized carbons (Fsp3) is 0.278. The van der Waals surface area contributed by atoms with Gasteiger partial charge in [0.25, 0.3) is 5.69 Å². The summed E-state index contributed by atoms with van der Waals surface area (Å²) in [5.74, 6) is 0.480. The number of non-ortho nitro benzene ring substituents is 1. The van der Waals surface area contributed by atoms with Crippen LogP contribution < -0.4 is 5.32 Å². The molecule has 0 aliphatic heterocycles. The summed E-state index contributed by atoms with van der Waals surface area (Å²) in [6.07, 6.45) is 0.494. The number of nitro groups is 1. The fourth-order valence-electron chi connectivity index (χ4n) is 2.15. The highest BCUT2D eigenvalue weighted by atomic mass is 16.6. The first-order valence-corrected chi connectivity index (χ1v) is 7.76. The minimum atomic E-state index is -0.565. The van der Waals surface area contributed by atoms with Gasteiger partial charge in [0.2, 0.25) is 0 Å². The van der Waals surface area contributed by atoms with Crippen molar-refractivity contribution in [2.24, 2.45) is 0 Å². The van der Waals surface area contributed by atoms with Gasteiger partial charge in [0.1, 0.15) is 6.61 Å². The van der Waals surface area contributed by atoms with Crippen LogP contribution in [0, 0.1) is 10.1 Å². The monoisotopic (exact) mass is 328 g/mol. The molecule has 0 radical (unpaired) electrons. The van der Waals surface area contributed by atoms with Crippen molar-refractivity contribution in [1.29, 1.82) is 0 Å². The van der Waals surface area contributed by atoms with Crippen molar-refractivity contribution in [3.8, 4) is 0 Å². The molecule has 0 spiro atoms. The highest BCUT2D eigenvalue weighted by Gasteiger charge is 2.08. The summed E-state index contributed by atoms with van der Waals surface area (Å²) in [6.45, 7) is 4.34. The number of hydrogen-bond acceptors (Lipinski definition) is 4. The third kappa shape index (κ3) is 4.81. The van der Waals surface area contributed by atoms with Crippen molar-refractivity contribution in [3.05, 3.63) is 69.8 Å². The maximum Gasteiger partial charge on any atom is 0.411 e. The Morgan fingerprint density at radius 2 is 1.79 bits per heavy atom. The smallest absolute Gasteiger partial charge is 0.411 e. The molecule has 6 heteroatoms. The van der Waals surface area contributed by atoms with E-state index in [-0.39, 0.29) is 12.3 Å². The molecule has 1 amide bonds. The van der Waals surface area contributed by atoms with Gasteiger partial charge in [0.05, 0.1) is 4.92 Å². The number of amides is 1. The Balaban J connectivity index is 1.85. The third-order valence-electron chi connectivity index (χ3n) is 3.86. The van der Waals surface area contributed by atoms with Crippen molar-refractivity contribution in [2.75, 3.05) is 5.32 Å². The van der Waals surface area contributed by atoms with Crippen LogP contribution in [0.15, 0.2) is 48.5 Å². The number of anilines is 1. The van der Waals surface area contributed by atoms with E-state index in [4.69, 9.17) is 4.74 Å². The van der Waals surface area contributed by atoms with E-state index < -0.39 is 11.0 Å². The van der Waals surface area contributed by atoms with Crippen molar-refractivity contribution in [3.63, 3.8) is 0 Å². The summed E-state index contributed by atoms with van der Waals surface area (Å²) in [6, 6.07) is 13.5. The molecule has 0 unspecified atom stereocenters. The molecule has 0 saturated carbocycles. The topological polar surface area (TPSA) is 81.5 Å². The van der Waals surface area contributed by atoms with Crippen LogP contribution >= 0.6 is 0 Å². The van der Waals surface area contributed by atoms with Crippen LogP contribution in [0.2, 0.25) is 0 Å². The Hall–Kier alpha value is -2.89. The second-order valence-corrected chi connectivity index (χ2v) is 5.56. The maximum atomic E-state index is 11.8. The first kappa shape index (κ1) is 17.5. The van der Waals surface area contributed by atoms with Crippen molar-refractivity contribution < 1.29 is 14.5 Å². The molecular formula is C18H20N2O4. The minimum Gasteiger partial charge on any atom is -0.444 e. The van der Waals surface area contributed by atoms with Crippen LogP contribution in [0.5, 0.6) is 0 Å². The van der Waals surface area contributed by atoms with Crippen molar-refractivity contribution in [2.45, 2.75) is 32.8 Å². The standard InChI is InChI=1S/C18H20N2O4/c1-3-13(2)15-6-8-16(9-7-15)19-18(21)24-12-14-4-10-17(11-5-14)20(22)23/h4-11,13H,3,12H2,1-2H3,(H,19,21)/t13-/m0/s1. The Kier molecular flexibility index (Phi) is 5.89. The Morgan fingerprint density at radius 1 is 1.17 bits per heavy atom. The lowest BCUT2D eigenvalue weighted by atomic mass is 9.99. The predicted octanol–water partition coefficient (Wildman–Crippen LogP) is 4.86. The normalized spacial score (nSPS) is 11.6. The van der Waals surface area contributed by atoms with Crippen LogP contribution in [0.1, 0.15) is 37.3 Å². The van der Waals surface area contributed by atoms with E-state index in [0.717, 1.165) is 6.42 Å². The molecule has 0 bridgehead atoms. The molecule has 1 N–H and O–H groups in total. The average Bonchev–Trinajstić information content (AvgIpc) is 2.60. The largest absolute Gasteiger partial charge is 0.444 e. The van der Waals surface area contributed by atoms with E-state index >= 15 is 0 Å². The number of nitrogens with zero attached hydrogens (tertiary/aromatic N) is 1. The molecule has 0 heterocycles. The van der Waals surface area contributed by atoms with Crippen molar-refractivity contribution in [1.82, 2.24) is 0 Å². The summed E-state index contributed by atoms with van der Waals surface area (Å²) in [7, 11) is 0. The van der Waals surface area contributed by atoms with E-state index in [0.29, 0.717) is 17.2 Å². The van der Waals surface area contributed by atoms with E-state index in [2.05, 4.69) is 19.2 Å². The van der Waals surface area contributed by atoms with Crippen molar-refractivity contribution >= 4 is 17.5 Å². The summed E-state index contributed by atoms with van der Waals surface area (Å²) in [5.41, 5.74) is 2.57. The van der Waals surface area contributed by atoms with Gasteiger partial charge in [-0.1, -0.05) is 26.0 Å². The molecule has 0 aliphatic carbocycles. The molecule has 6 nitrogen and oxygen atoms in total. The molecule has 2 rings (SSSR count). The molecule has 2 aromatic carbocycles. The lowest BCUT2D eigenvalue weighted by molar-refractivity contribution is -0.384. The Morgan fingerprint density at radius 3 is 2.33 bits per heavy atom. The maximum absolute atomic E-state index is 11.8. The SMILES string of the molecule is CC[C@H](C)c1ccc(NC(=O)OCc2ccc([N+](=O)[O-])cc2)cc1. The van der Waals surface area contributed by atoms with Gasteiger partial charge in [-0.3, -0.25) is 15.4 Å². The Labute approximate surface area is 140 Å². The molecule has 24 heavy (non-hydrogen) atoms. The lowest BCUT2D eigenvalue weighted by Crippen LogP contribution is -2.13. The summed E-state index contributed by atoms with van der Waals surface area (Å²) in [4.78, 5) is 21.9. The van der Waals surface area contributed by atoms with Gasteiger partial charge in [0.15, 0.2) is 0 Å². The van der Waals surface area contributed by atoms with Gasteiger partial charge < -0.3 is 4.74 Å². The van der Waals surface area contributed by atoms with Gasteiger partial charge in [-0.15, -0.1) is 0 Å². The zero-order valence-corrected chi connectivity index (χ0v) is 13.7. The first-order chi connectivity index (χ1) is 11.5. The minimum absolute atomic E-state index is 0.00426. The quantitative estimate of drug-likeness (QED) is 0.606. The summed E-state index contributed by atoms with van der Waals surface area (Å²) >= 11 is 0. The number of benzene rings is 2. The van der Waals surface area contributed by atoms with E-state index in [1.165, 1.54) is 17.7 Å². The van der Waals surface area contributed by atoms with Gasteiger partial charge in [0, 0.05) is 17.8 Å². The molecule has 1 atom stereocenters. The van der Waals surface area contributed by atoms with Crippen LogP contribution in [0.25, 0.3) is 0 Å². The molecule has 0 aliphatic rings. The van der Waals surface area contributed by atoms with E-state index in [1.54, 1.807) is 12.1 Å². The number of hydrogen-bond donors (Lipinski definition) is 1. The summed E-state index contributed by atoms with van der Waals surface area (Å²) < 4.78 is 5.11. The van der Waals surface area contributed by atoms with Crippen LogP contribution in [0.3, 0.4) is 0 Å². The fourth-order valence-corrected chi connectivity index (χ4v) is 2.15. The summed E-state index contributed by atoms with van der Waals surface area (Å²) in [5, 5.41) is 13.2. The number of carbonyl (C=O) groups excluding carboxylic acids is 1. The molecular weight excluding hydrogens is 308 g/mol. The zero-order valence-electron chi connectivity index (χ0n) is 13.7. The average molecular weight is 328 g/mol. The predicted molar refractivity (Wildman–Crippen MR) is 92.1 cm³/mol. The Bertz CT molecular complexity index is 696. The van der Waals surface area contributed by atoms with Crippen LogP contribution in [-0.2, 0) is 11.3 Å². The number of rotatable bonds is 6. The molecule has 0 fully saturated rings. The lowest BCUT2D eigenvalue weighted by Gasteiger charge is -2.11. The highest BCUT2D eigenvalue weighted by Crippen LogP contribution is 2.20. The molecule has 0 aromatic heterocycles. The van der Waals surface area contributed by atoms with E-state index in [9.17, 15) is 14.9 Å². The third-order valence-corrected chi connectivity index (χ3v) is 3.86. The second-order valence-electron chi connectivity index (χ2n) is 5.56. The second kappa shape index (κ2) is 8.10. The number of ether oxygens (including phenoxy) is 1. The zero-order chi connectivity index (χ0) is 17.5. The molecule has 126 valence electrons. The highest BCUT2D eigenvalue weighted by molar-refractivity contribution is 5.84. The molecule has 2 aromatic rings. The number of nitro benzene ring substituents is 1. The van der Waals surface area contributed by atoms with Gasteiger partial charge in [-0.2, -0.15) is 0 Å². The number of carbonyl (C=O) groups is 1. The van der Waals surface area contributed by atoms with Gasteiger partial charge in [-0.25, -0.2) is 4.79 Å².